The van der Waals surface area contributed by atoms with Crippen molar-refractivity contribution in [1.29, 1.82) is 0 Å². The Bertz CT molecular complexity index is 599. The Morgan fingerprint density at radius 2 is 2.16 bits per heavy atom. The van der Waals surface area contributed by atoms with Gasteiger partial charge in [-0.15, -0.1) is 0 Å². The van der Waals surface area contributed by atoms with Crippen LogP contribution < -0.4 is 5.32 Å². The topological polar surface area (TPSA) is 46.4 Å². The van der Waals surface area contributed by atoms with E-state index in [-0.39, 0.29) is 5.91 Å². The van der Waals surface area contributed by atoms with Gasteiger partial charge in [0.05, 0.1) is 5.69 Å². The van der Waals surface area contributed by atoms with Crippen molar-refractivity contribution in [3.63, 3.8) is 0 Å². The Hall–Kier alpha value is -1.84. The number of nitrogens with one attached hydrogen (secondary N) is 1. The SMILES string of the molecule is Cc1nc2c(C)cccn2c1C(=O)NCCC(C)C. The summed E-state index contributed by atoms with van der Waals surface area (Å²) in [6.45, 7) is 8.88. The normalized spacial score (nSPS) is 11.2. The van der Waals surface area contributed by atoms with Gasteiger partial charge in [0.25, 0.3) is 5.91 Å². The zero-order valence-electron chi connectivity index (χ0n) is 12.0. The van der Waals surface area contributed by atoms with Gasteiger partial charge in [0.2, 0.25) is 0 Å². The highest BCUT2D eigenvalue weighted by atomic mass is 16.1. The largest absolute Gasteiger partial charge is 0.351 e. The molecule has 0 aliphatic carbocycles. The fourth-order valence-corrected chi connectivity index (χ4v) is 2.15. The minimum absolute atomic E-state index is 0.0451. The van der Waals surface area contributed by atoms with Crippen LogP contribution in [0.3, 0.4) is 0 Å². The first-order valence-corrected chi connectivity index (χ1v) is 6.73. The number of carbonyl (C=O) groups excluding carboxylic acids is 1. The summed E-state index contributed by atoms with van der Waals surface area (Å²) in [4.78, 5) is 16.7. The quantitative estimate of drug-likeness (QED) is 0.917. The minimum atomic E-state index is -0.0451. The first kappa shape index (κ1) is 13.6. The van der Waals surface area contributed by atoms with E-state index in [4.69, 9.17) is 0 Å². The van der Waals surface area contributed by atoms with Crippen molar-refractivity contribution in [2.45, 2.75) is 34.1 Å². The Balaban J connectivity index is 2.27. The molecule has 0 atom stereocenters. The molecule has 0 bridgehead atoms. The van der Waals surface area contributed by atoms with Gasteiger partial charge in [-0.3, -0.25) is 9.20 Å². The fourth-order valence-electron chi connectivity index (χ4n) is 2.15. The third-order valence-electron chi connectivity index (χ3n) is 3.24. The molecule has 0 aromatic carbocycles. The molecule has 0 spiro atoms. The molecule has 2 rings (SSSR count). The molecule has 0 radical (unpaired) electrons. The third kappa shape index (κ3) is 2.78. The van der Waals surface area contributed by atoms with Gasteiger partial charge in [-0.2, -0.15) is 0 Å². The predicted molar refractivity (Wildman–Crippen MR) is 76.5 cm³/mol. The minimum Gasteiger partial charge on any atom is -0.351 e. The van der Waals surface area contributed by atoms with Crippen LogP contribution in [0.5, 0.6) is 0 Å². The summed E-state index contributed by atoms with van der Waals surface area (Å²) in [6.07, 6.45) is 2.88. The van der Waals surface area contributed by atoms with E-state index in [1.54, 1.807) is 0 Å². The average molecular weight is 259 g/mol. The standard InChI is InChI=1S/C15H21N3O/c1-10(2)7-8-16-15(19)13-12(4)17-14-11(3)6-5-9-18(13)14/h5-6,9-10H,7-8H2,1-4H3,(H,16,19). The number of fused-ring (bicyclic) bond motifs is 1. The molecule has 0 aliphatic heterocycles. The molecular weight excluding hydrogens is 238 g/mol. The molecule has 2 aromatic heterocycles. The van der Waals surface area contributed by atoms with Crippen molar-refractivity contribution in [2.75, 3.05) is 6.54 Å². The molecule has 4 nitrogen and oxygen atoms in total. The van der Waals surface area contributed by atoms with Crippen LogP contribution in [0.2, 0.25) is 0 Å². The van der Waals surface area contributed by atoms with Crippen LogP contribution in [0.15, 0.2) is 18.3 Å². The molecule has 2 heterocycles. The molecule has 0 saturated carbocycles. The molecule has 19 heavy (non-hydrogen) atoms. The second kappa shape index (κ2) is 5.43. The number of imidazole rings is 1. The first-order chi connectivity index (χ1) is 9.00. The van der Waals surface area contributed by atoms with Crippen molar-refractivity contribution in [2.24, 2.45) is 5.92 Å². The highest BCUT2D eigenvalue weighted by molar-refractivity contribution is 5.94. The maximum atomic E-state index is 12.3. The van der Waals surface area contributed by atoms with Crippen LogP contribution in [-0.4, -0.2) is 21.8 Å². The summed E-state index contributed by atoms with van der Waals surface area (Å²) in [6, 6.07) is 3.94. The Morgan fingerprint density at radius 1 is 1.42 bits per heavy atom. The van der Waals surface area contributed by atoms with Crippen LogP contribution in [-0.2, 0) is 0 Å². The van der Waals surface area contributed by atoms with Crippen molar-refractivity contribution in [1.82, 2.24) is 14.7 Å². The summed E-state index contributed by atoms with van der Waals surface area (Å²) >= 11 is 0. The monoisotopic (exact) mass is 259 g/mol. The maximum Gasteiger partial charge on any atom is 0.270 e. The molecule has 2 aromatic rings. The molecule has 0 unspecified atom stereocenters. The van der Waals surface area contributed by atoms with E-state index < -0.39 is 0 Å². The van der Waals surface area contributed by atoms with Crippen LogP contribution in [0, 0.1) is 19.8 Å². The van der Waals surface area contributed by atoms with Gasteiger partial charge >= 0.3 is 0 Å². The van der Waals surface area contributed by atoms with E-state index in [0.29, 0.717) is 18.2 Å². The first-order valence-electron chi connectivity index (χ1n) is 6.73. The van der Waals surface area contributed by atoms with Gasteiger partial charge in [-0.05, 0) is 37.8 Å². The Kier molecular flexibility index (Phi) is 3.88. The lowest BCUT2D eigenvalue weighted by Crippen LogP contribution is -2.27. The smallest absolute Gasteiger partial charge is 0.270 e. The maximum absolute atomic E-state index is 12.3. The van der Waals surface area contributed by atoms with Crippen LogP contribution in [0.1, 0.15) is 42.0 Å². The highest BCUT2D eigenvalue weighted by Gasteiger charge is 2.16. The molecule has 4 heteroatoms. The van der Waals surface area contributed by atoms with Crippen LogP contribution in [0.25, 0.3) is 5.65 Å². The third-order valence-corrected chi connectivity index (χ3v) is 3.24. The number of aromatic nitrogens is 2. The number of aryl methyl sites for hydroxylation is 2. The zero-order valence-corrected chi connectivity index (χ0v) is 12.0. The Labute approximate surface area is 113 Å². The lowest BCUT2D eigenvalue weighted by Gasteiger charge is -2.08. The number of hydrogen-bond acceptors (Lipinski definition) is 2. The van der Waals surface area contributed by atoms with E-state index in [1.807, 2.05) is 36.6 Å². The summed E-state index contributed by atoms with van der Waals surface area (Å²) < 4.78 is 1.87. The number of carbonyl (C=O) groups is 1. The number of amides is 1. The summed E-state index contributed by atoms with van der Waals surface area (Å²) in [5, 5.41) is 2.97. The van der Waals surface area contributed by atoms with E-state index >= 15 is 0 Å². The second-order valence-electron chi connectivity index (χ2n) is 5.37. The number of hydrogen-bond donors (Lipinski definition) is 1. The molecule has 1 N–H and O–H groups in total. The molecule has 0 saturated heterocycles. The van der Waals surface area contributed by atoms with E-state index in [2.05, 4.69) is 24.1 Å². The lowest BCUT2D eigenvalue weighted by molar-refractivity contribution is 0.0945. The predicted octanol–water partition coefficient (Wildman–Crippen LogP) is 2.73. The van der Waals surface area contributed by atoms with Crippen LogP contribution >= 0.6 is 0 Å². The summed E-state index contributed by atoms with van der Waals surface area (Å²) in [5.74, 6) is 0.544. The zero-order chi connectivity index (χ0) is 14.0. The van der Waals surface area contributed by atoms with Crippen molar-refractivity contribution in [3.8, 4) is 0 Å². The average Bonchev–Trinajstić information content (AvgIpc) is 2.66. The van der Waals surface area contributed by atoms with Gasteiger partial charge in [0.15, 0.2) is 0 Å². The number of nitrogens with zero attached hydrogens (tertiary/aromatic N) is 2. The highest BCUT2D eigenvalue weighted by Crippen LogP contribution is 2.15. The Morgan fingerprint density at radius 3 is 2.84 bits per heavy atom. The summed E-state index contributed by atoms with van der Waals surface area (Å²) in [5.41, 5.74) is 3.35. The van der Waals surface area contributed by atoms with Crippen molar-refractivity contribution in [3.05, 3.63) is 35.3 Å². The van der Waals surface area contributed by atoms with Gasteiger partial charge in [-0.1, -0.05) is 19.9 Å². The number of rotatable bonds is 4. The molecule has 0 fully saturated rings. The lowest BCUT2D eigenvalue weighted by atomic mass is 10.1. The van der Waals surface area contributed by atoms with E-state index in [9.17, 15) is 4.79 Å². The van der Waals surface area contributed by atoms with Gasteiger partial charge in [-0.25, -0.2) is 4.98 Å². The fraction of sp³-hybridized carbons (Fsp3) is 0.467. The van der Waals surface area contributed by atoms with Crippen molar-refractivity contribution < 1.29 is 4.79 Å². The molecule has 1 amide bonds. The van der Waals surface area contributed by atoms with E-state index in [0.717, 1.165) is 23.3 Å². The molecule has 0 aliphatic rings. The molecular formula is C15H21N3O. The summed E-state index contributed by atoms with van der Waals surface area (Å²) in [7, 11) is 0. The van der Waals surface area contributed by atoms with Crippen molar-refractivity contribution >= 4 is 11.6 Å². The molecule has 102 valence electrons. The van der Waals surface area contributed by atoms with Gasteiger partial charge in [0, 0.05) is 12.7 Å². The van der Waals surface area contributed by atoms with Crippen LogP contribution in [0.4, 0.5) is 0 Å². The second-order valence-corrected chi connectivity index (χ2v) is 5.37. The van der Waals surface area contributed by atoms with Gasteiger partial charge < -0.3 is 5.32 Å². The van der Waals surface area contributed by atoms with E-state index in [1.165, 1.54) is 0 Å². The van der Waals surface area contributed by atoms with Gasteiger partial charge in [0.1, 0.15) is 11.3 Å². The number of pyridine rings is 1.